The van der Waals surface area contributed by atoms with E-state index < -0.39 is 5.60 Å². The first-order valence-electron chi connectivity index (χ1n) is 6.57. The van der Waals surface area contributed by atoms with E-state index in [2.05, 4.69) is 22.9 Å². The SMILES string of the molecule is COc1ccc(Br)c(CC2(O)CCC(C)CC2)c1. The van der Waals surface area contributed by atoms with Gasteiger partial charge < -0.3 is 9.84 Å². The molecule has 1 aliphatic carbocycles. The van der Waals surface area contributed by atoms with Crippen LogP contribution in [0.25, 0.3) is 0 Å². The molecule has 0 unspecified atom stereocenters. The summed E-state index contributed by atoms with van der Waals surface area (Å²) in [6.07, 6.45) is 4.75. The van der Waals surface area contributed by atoms with Gasteiger partial charge in [0, 0.05) is 10.9 Å². The van der Waals surface area contributed by atoms with Gasteiger partial charge in [0.1, 0.15) is 5.75 Å². The van der Waals surface area contributed by atoms with Crippen molar-refractivity contribution in [1.82, 2.24) is 0 Å². The second kappa shape index (κ2) is 5.62. The van der Waals surface area contributed by atoms with Crippen LogP contribution >= 0.6 is 15.9 Å². The quantitative estimate of drug-likeness (QED) is 0.916. The Labute approximate surface area is 117 Å². The molecule has 3 heteroatoms. The summed E-state index contributed by atoms with van der Waals surface area (Å²) in [5, 5.41) is 10.7. The highest BCUT2D eigenvalue weighted by Gasteiger charge is 2.32. The molecule has 0 amide bonds. The molecule has 1 aromatic carbocycles. The lowest BCUT2D eigenvalue weighted by Crippen LogP contribution is -2.35. The van der Waals surface area contributed by atoms with Crippen LogP contribution in [-0.2, 0) is 6.42 Å². The third kappa shape index (κ3) is 3.27. The number of ether oxygens (including phenoxy) is 1. The second-order valence-corrected chi connectivity index (χ2v) is 6.40. The number of rotatable bonds is 3. The highest BCUT2D eigenvalue weighted by atomic mass is 79.9. The van der Waals surface area contributed by atoms with E-state index in [0.717, 1.165) is 47.4 Å². The normalized spacial score (nSPS) is 28.1. The Morgan fingerprint density at radius 1 is 1.39 bits per heavy atom. The van der Waals surface area contributed by atoms with Crippen molar-refractivity contribution in [3.63, 3.8) is 0 Å². The second-order valence-electron chi connectivity index (χ2n) is 5.54. The first kappa shape index (κ1) is 13.9. The van der Waals surface area contributed by atoms with Crippen LogP contribution in [0.5, 0.6) is 5.75 Å². The highest BCUT2D eigenvalue weighted by molar-refractivity contribution is 9.10. The molecule has 0 saturated heterocycles. The molecule has 1 aromatic rings. The van der Waals surface area contributed by atoms with Gasteiger partial charge in [-0.15, -0.1) is 0 Å². The van der Waals surface area contributed by atoms with E-state index in [1.165, 1.54) is 0 Å². The molecule has 0 heterocycles. The molecule has 2 rings (SSSR count). The van der Waals surface area contributed by atoms with E-state index in [1.807, 2.05) is 18.2 Å². The molecule has 18 heavy (non-hydrogen) atoms. The zero-order chi connectivity index (χ0) is 13.2. The average Bonchev–Trinajstić information content (AvgIpc) is 2.36. The zero-order valence-electron chi connectivity index (χ0n) is 11.1. The van der Waals surface area contributed by atoms with Crippen molar-refractivity contribution >= 4 is 15.9 Å². The maximum absolute atomic E-state index is 10.7. The Balaban J connectivity index is 2.13. The number of hydrogen-bond donors (Lipinski definition) is 1. The van der Waals surface area contributed by atoms with Gasteiger partial charge in [-0.1, -0.05) is 22.9 Å². The predicted octanol–water partition coefficient (Wildman–Crippen LogP) is 3.94. The average molecular weight is 313 g/mol. The molecule has 0 aromatic heterocycles. The van der Waals surface area contributed by atoms with Crippen LogP contribution in [0.2, 0.25) is 0 Å². The predicted molar refractivity (Wildman–Crippen MR) is 77.0 cm³/mol. The molecular formula is C15H21BrO2. The summed E-state index contributed by atoms with van der Waals surface area (Å²) in [4.78, 5) is 0. The van der Waals surface area contributed by atoms with Crippen molar-refractivity contribution in [1.29, 1.82) is 0 Å². The van der Waals surface area contributed by atoms with Crippen LogP contribution in [-0.4, -0.2) is 17.8 Å². The molecule has 0 atom stereocenters. The summed E-state index contributed by atoms with van der Waals surface area (Å²) in [7, 11) is 1.67. The number of benzene rings is 1. The van der Waals surface area contributed by atoms with E-state index in [0.29, 0.717) is 6.42 Å². The molecule has 1 fully saturated rings. The molecule has 2 nitrogen and oxygen atoms in total. The topological polar surface area (TPSA) is 29.5 Å². The summed E-state index contributed by atoms with van der Waals surface area (Å²) in [6, 6.07) is 5.93. The van der Waals surface area contributed by atoms with Crippen LogP contribution in [0.1, 0.15) is 38.2 Å². The Morgan fingerprint density at radius 3 is 2.67 bits per heavy atom. The maximum Gasteiger partial charge on any atom is 0.119 e. The lowest BCUT2D eigenvalue weighted by Gasteiger charge is -2.35. The molecule has 0 radical (unpaired) electrons. The minimum Gasteiger partial charge on any atom is -0.497 e. The molecule has 100 valence electrons. The minimum atomic E-state index is -0.540. The number of methoxy groups -OCH3 is 1. The largest absolute Gasteiger partial charge is 0.497 e. The van der Waals surface area contributed by atoms with Gasteiger partial charge in [0.25, 0.3) is 0 Å². The van der Waals surface area contributed by atoms with Crippen molar-refractivity contribution in [2.75, 3.05) is 7.11 Å². The Bertz CT molecular complexity index is 409. The lowest BCUT2D eigenvalue weighted by atomic mass is 9.76. The summed E-state index contributed by atoms with van der Waals surface area (Å²) in [5.41, 5.74) is 0.591. The van der Waals surface area contributed by atoms with E-state index in [1.54, 1.807) is 7.11 Å². The highest BCUT2D eigenvalue weighted by Crippen LogP contribution is 2.36. The number of hydrogen-bond acceptors (Lipinski definition) is 2. The minimum absolute atomic E-state index is 0.540. The zero-order valence-corrected chi connectivity index (χ0v) is 12.7. The van der Waals surface area contributed by atoms with E-state index in [9.17, 15) is 5.11 Å². The Kier molecular flexibility index (Phi) is 4.33. The molecule has 1 N–H and O–H groups in total. The fourth-order valence-electron chi connectivity index (χ4n) is 2.64. The third-order valence-corrected chi connectivity index (χ3v) is 4.75. The van der Waals surface area contributed by atoms with Gasteiger partial charge in [0.05, 0.1) is 12.7 Å². The van der Waals surface area contributed by atoms with Crippen LogP contribution in [0, 0.1) is 5.92 Å². The standard InChI is InChI=1S/C15H21BrO2/c1-11-5-7-15(17,8-6-11)10-12-9-13(18-2)3-4-14(12)16/h3-4,9,11,17H,5-8,10H2,1-2H3. The molecule has 1 saturated carbocycles. The summed E-state index contributed by atoms with van der Waals surface area (Å²) in [5.74, 6) is 1.60. The monoisotopic (exact) mass is 312 g/mol. The van der Waals surface area contributed by atoms with Crippen LogP contribution < -0.4 is 4.74 Å². The van der Waals surface area contributed by atoms with Crippen molar-refractivity contribution in [2.45, 2.75) is 44.6 Å². The van der Waals surface area contributed by atoms with Gasteiger partial charge in [0.15, 0.2) is 0 Å². The van der Waals surface area contributed by atoms with Crippen molar-refractivity contribution in [3.05, 3.63) is 28.2 Å². The van der Waals surface area contributed by atoms with Gasteiger partial charge in [0.2, 0.25) is 0 Å². The van der Waals surface area contributed by atoms with Gasteiger partial charge >= 0.3 is 0 Å². The maximum atomic E-state index is 10.7. The molecule has 0 spiro atoms. The van der Waals surface area contributed by atoms with Gasteiger partial charge in [-0.2, -0.15) is 0 Å². The van der Waals surface area contributed by atoms with E-state index in [4.69, 9.17) is 4.74 Å². The van der Waals surface area contributed by atoms with Gasteiger partial charge in [-0.05, 0) is 55.4 Å². The number of halogens is 1. The van der Waals surface area contributed by atoms with Crippen molar-refractivity contribution in [2.24, 2.45) is 5.92 Å². The molecule has 1 aliphatic rings. The van der Waals surface area contributed by atoms with Crippen LogP contribution in [0.3, 0.4) is 0 Å². The molecular weight excluding hydrogens is 292 g/mol. The fourth-order valence-corrected chi connectivity index (χ4v) is 3.03. The smallest absolute Gasteiger partial charge is 0.119 e. The summed E-state index contributed by atoms with van der Waals surface area (Å²) in [6.45, 7) is 2.26. The van der Waals surface area contributed by atoms with Gasteiger partial charge in [-0.25, -0.2) is 0 Å². The Morgan fingerprint density at radius 2 is 2.06 bits per heavy atom. The molecule has 0 aliphatic heterocycles. The first-order valence-corrected chi connectivity index (χ1v) is 7.36. The molecule has 0 bridgehead atoms. The fraction of sp³-hybridized carbons (Fsp3) is 0.600. The van der Waals surface area contributed by atoms with Crippen LogP contribution in [0.15, 0.2) is 22.7 Å². The summed E-state index contributed by atoms with van der Waals surface area (Å²) < 4.78 is 6.30. The van der Waals surface area contributed by atoms with Crippen molar-refractivity contribution < 1.29 is 9.84 Å². The van der Waals surface area contributed by atoms with E-state index >= 15 is 0 Å². The lowest BCUT2D eigenvalue weighted by molar-refractivity contribution is -0.00682. The van der Waals surface area contributed by atoms with Crippen LogP contribution in [0.4, 0.5) is 0 Å². The van der Waals surface area contributed by atoms with E-state index in [-0.39, 0.29) is 0 Å². The Hall–Kier alpha value is -0.540. The van der Waals surface area contributed by atoms with Gasteiger partial charge in [-0.3, -0.25) is 0 Å². The summed E-state index contributed by atoms with van der Waals surface area (Å²) >= 11 is 3.56. The van der Waals surface area contributed by atoms with Crippen molar-refractivity contribution in [3.8, 4) is 5.75 Å². The first-order chi connectivity index (χ1) is 8.52. The number of aliphatic hydroxyl groups is 1. The third-order valence-electron chi connectivity index (χ3n) is 3.98.